The number of aromatic nitrogens is 4. The van der Waals surface area contributed by atoms with Crippen LogP contribution in [0.5, 0.6) is 0 Å². The molecule has 0 aliphatic carbocycles. The Morgan fingerprint density at radius 2 is 1.76 bits per heavy atom. The lowest BCUT2D eigenvalue weighted by molar-refractivity contribution is 0.192. The fourth-order valence-corrected chi connectivity index (χ4v) is 3.49. The predicted octanol–water partition coefficient (Wildman–Crippen LogP) is 4.32. The molecule has 2 heterocycles. The number of ether oxygens (including phenoxy) is 1. The van der Waals surface area contributed by atoms with Gasteiger partial charge in [-0.3, -0.25) is 0 Å². The summed E-state index contributed by atoms with van der Waals surface area (Å²) in [4.78, 5) is 9.23. The minimum absolute atomic E-state index is 0.161. The van der Waals surface area contributed by atoms with Gasteiger partial charge in [-0.1, -0.05) is 72.7 Å². The van der Waals surface area contributed by atoms with Gasteiger partial charge in [0.25, 0.3) is 0 Å². The van der Waals surface area contributed by atoms with E-state index in [4.69, 9.17) is 14.2 Å². The van der Waals surface area contributed by atoms with Crippen LogP contribution in [0.3, 0.4) is 0 Å². The molecule has 0 fully saturated rings. The Labute approximate surface area is 170 Å². The Kier molecular flexibility index (Phi) is 5.81. The molecule has 0 radical (unpaired) electrons. The Balaban J connectivity index is 1.70. The molecule has 6 heteroatoms. The molecule has 29 heavy (non-hydrogen) atoms. The van der Waals surface area contributed by atoms with E-state index in [0.29, 0.717) is 31.3 Å². The second-order valence-corrected chi connectivity index (χ2v) is 6.95. The van der Waals surface area contributed by atoms with Crippen molar-refractivity contribution in [3.8, 4) is 11.3 Å². The molecule has 0 saturated carbocycles. The normalized spacial score (nSPS) is 12.2. The van der Waals surface area contributed by atoms with E-state index in [-0.39, 0.29) is 5.92 Å². The van der Waals surface area contributed by atoms with Crippen LogP contribution in [-0.2, 0) is 17.7 Å². The highest BCUT2D eigenvalue weighted by Crippen LogP contribution is 2.32. The van der Waals surface area contributed by atoms with Crippen molar-refractivity contribution >= 4 is 0 Å². The molecular formula is C23H24N4O2. The first-order chi connectivity index (χ1) is 14.3. The summed E-state index contributed by atoms with van der Waals surface area (Å²) in [5.41, 5.74) is 4.44. The number of methoxy groups -OCH3 is 1. The van der Waals surface area contributed by atoms with Crippen LogP contribution in [0.1, 0.15) is 35.8 Å². The zero-order chi connectivity index (χ0) is 20.1. The number of benzene rings is 2. The Morgan fingerprint density at radius 1 is 1.03 bits per heavy atom. The number of nitrogens with zero attached hydrogens (tertiary/aromatic N) is 4. The van der Waals surface area contributed by atoms with Crippen molar-refractivity contribution in [3.05, 3.63) is 90.0 Å². The van der Waals surface area contributed by atoms with Gasteiger partial charge in [0.05, 0.1) is 37.3 Å². The fraction of sp³-hybridized carbons (Fsp3) is 0.261. The standard InChI is InChI=1S/C23H24N4O2/c1-17(18-9-5-3-6-10-18)23-22(19-11-7-4-8-12-19)24-16-27(23)15-20-25-21(29-26-20)13-14-28-2/h3-12,16-17H,13-15H2,1-2H3. The van der Waals surface area contributed by atoms with E-state index in [0.717, 1.165) is 17.0 Å². The third-order valence-corrected chi connectivity index (χ3v) is 4.98. The molecule has 6 nitrogen and oxygen atoms in total. The molecule has 4 rings (SSSR count). The van der Waals surface area contributed by atoms with Crippen molar-refractivity contribution in [2.45, 2.75) is 25.8 Å². The van der Waals surface area contributed by atoms with Crippen molar-refractivity contribution in [2.24, 2.45) is 0 Å². The van der Waals surface area contributed by atoms with Crippen LogP contribution in [0.25, 0.3) is 11.3 Å². The lowest BCUT2D eigenvalue weighted by atomic mass is 9.94. The molecule has 0 bridgehead atoms. The molecule has 148 valence electrons. The smallest absolute Gasteiger partial charge is 0.229 e. The molecule has 2 aromatic carbocycles. The molecule has 4 aromatic rings. The summed E-state index contributed by atoms with van der Waals surface area (Å²) in [7, 11) is 1.66. The second kappa shape index (κ2) is 8.84. The molecule has 0 saturated heterocycles. The molecule has 1 atom stereocenters. The first-order valence-electron chi connectivity index (χ1n) is 9.72. The van der Waals surface area contributed by atoms with Crippen molar-refractivity contribution in [1.29, 1.82) is 0 Å². The predicted molar refractivity (Wildman–Crippen MR) is 111 cm³/mol. The first kappa shape index (κ1) is 19.1. The van der Waals surface area contributed by atoms with E-state index < -0.39 is 0 Å². The SMILES string of the molecule is COCCc1nc(Cn2cnc(-c3ccccc3)c2C(C)c2ccccc2)no1. The minimum atomic E-state index is 0.161. The molecule has 0 aliphatic rings. The first-order valence-corrected chi connectivity index (χ1v) is 9.72. The van der Waals surface area contributed by atoms with Crippen LogP contribution in [-0.4, -0.2) is 33.4 Å². The minimum Gasteiger partial charge on any atom is -0.384 e. The zero-order valence-corrected chi connectivity index (χ0v) is 16.7. The summed E-state index contributed by atoms with van der Waals surface area (Å²) in [6.07, 6.45) is 2.47. The molecule has 0 amide bonds. The summed E-state index contributed by atoms with van der Waals surface area (Å²) in [6, 6.07) is 20.7. The molecule has 0 spiro atoms. The van der Waals surface area contributed by atoms with Gasteiger partial charge in [-0.25, -0.2) is 4.98 Å². The molecule has 0 N–H and O–H groups in total. The second-order valence-electron chi connectivity index (χ2n) is 6.95. The van der Waals surface area contributed by atoms with Gasteiger partial charge < -0.3 is 13.8 Å². The fourth-order valence-electron chi connectivity index (χ4n) is 3.49. The molecular weight excluding hydrogens is 364 g/mol. The number of hydrogen-bond acceptors (Lipinski definition) is 5. The van der Waals surface area contributed by atoms with Crippen molar-refractivity contribution in [3.63, 3.8) is 0 Å². The van der Waals surface area contributed by atoms with Gasteiger partial charge in [0, 0.05) is 18.6 Å². The van der Waals surface area contributed by atoms with Crippen LogP contribution in [0.2, 0.25) is 0 Å². The van der Waals surface area contributed by atoms with Gasteiger partial charge in [0.2, 0.25) is 5.89 Å². The molecule has 2 aromatic heterocycles. The number of hydrogen-bond donors (Lipinski definition) is 0. The lowest BCUT2D eigenvalue weighted by Gasteiger charge is -2.17. The largest absolute Gasteiger partial charge is 0.384 e. The summed E-state index contributed by atoms with van der Waals surface area (Å²) in [6.45, 7) is 3.26. The van der Waals surface area contributed by atoms with Crippen molar-refractivity contribution in [1.82, 2.24) is 19.7 Å². The van der Waals surface area contributed by atoms with Gasteiger partial charge in [-0.15, -0.1) is 0 Å². The maximum Gasteiger partial charge on any atom is 0.229 e. The monoisotopic (exact) mass is 388 g/mol. The van der Waals surface area contributed by atoms with E-state index in [2.05, 4.69) is 58.0 Å². The number of imidazole rings is 1. The number of rotatable bonds is 8. The van der Waals surface area contributed by atoms with E-state index in [1.807, 2.05) is 30.6 Å². The Bertz CT molecular complexity index is 1040. The van der Waals surface area contributed by atoms with E-state index >= 15 is 0 Å². The quantitative estimate of drug-likeness (QED) is 0.450. The average Bonchev–Trinajstić information content (AvgIpc) is 3.40. The van der Waals surface area contributed by atoms with Crippen LogP contribution >= 0.6 is 0 Å². The lowest BCUT2D eigenvalue weighted by Crippen LogP contribution is -2.09. The van der Waals surface area contributed by atoms with Crippen molar-refractivity contribution in [2.75, 3.05) is 13.7 Å². The van der Waals surface area contributed by atoms with Gasteiger partial charge in [0.15, 0.2) is 5.82 Å². The third-order valence-electron chi connectivity index (χ3n) is 4.98. The topological polar surface area (TPSA) is 66.0 Å². The highest BCUT2D eigenvalue weighted by Gasteiger charge is 2.21. The maximum absolute atomic E-state index is 5.34. The average molecular weight is 388 g/mol. The van der Waals surface area contributed by atoms with Crippen LogP contribution in [0.4, 0.5) is 0 Å². The van der Waals surface area contributed by atoms with Crippen LogP contribution < -0.4 is 0 Å². The summed E-state index contributed by atoms with van der Waals surface area (Å²) >= 11 is 0. The zero-order valence-electron chi connectivity index (χ0n) is 16.7. The molecule has 1 unspecified atom stereocenters. The molecule has 0 aliphatic heterocycles. The van der Waals surface area contributed by atoms with E-state index in [1.165, 1.54) is 5.56 Å². The van der Waals surface area contributed by atoms with Crippen LogP contribution in [0.15, 0.2) is 71.5 Å². The summed E-state index contributed by atoms with van der Waals surface area (Å²) in [5.74, 6) is 1.38. The third kappa shape index (κ3) is 4.27. The highest BCUT2D eigenvalue weighted by atomic mass is 16.5. The highest BCUT2D eigenvalue weighted by molar-refractivity contribution is 5.63. The van der Waals surface area contributed by atoms with Gasteiger partial charge in [0.1, 0.15) is 0 Å². The Morgan fingerprint density at radius 3 is 2.48 bits per heavy atom. The summed E-state index contributed by atoms with van der Waals surface area (Å²) in [5, 5.41) is 4.13. The maximum atomic E-state index is 5.34. The van der Waals surface area contributed by atoms with Gasteiger partial charge in [-0.2, -0.15) is 4.98 Å². The van der Waals surface area contributed by atoms with E-state index in [1.54, 1.807) is 7.11 Å². The van der Waals surface area contributed by atoms with Gasteiger partial charge in [-0.05, 0) is 5.56 Å². The van der Waals surface area contributed by atoms with Crippen molar-refractivity contribution < 1.29 is 9.26 Å². The Hall–Kier alpha value is -3.25. The summed E-state index contributed by atoms with van der Waals surface area (Å²) < 4.78 is 12.5. The van der Waals surface area contributed by atoms with Crippen LogP contribution in [0, 0.1) is 0 Å². The van der Waals surface area contributed by atoms with E-state index in [9.17, 15) is 0 Å². The van der Waals surface area contributed by atoms with Gasteiger partial charge >= 0.3 is 0 Å².